The summed E-state index contributed by atoms with van der Waals surface area (Å²) in [5.74, 6) is 0.393. The zero-order valence-electron chi connectivity index (χ0n) is 14.1. The van der Waals surface area contributed by atoms with E-state index >= 15 is 0 Å². The van der Waals surface area contributed by atoms with Gasteiger partial charge in [0.15, 0.2) is 0 Å². The van der Waals surface area contributed by atoms with Gasteiger partial charge in [0.2, 0.25) is 10.0 Å². The first-order chi connectivity index (χ1) is 12.0. The van der Waals surface area contributed by atoms with Gasteiger partial charge in [0.05, 0.1) is 12.0 Å². The molecule has 0 spiro atoms. The monoisotopic (exact) mass is 364 g/mol. The summed E-state index contributed by atoms with van der Waals surface area (Å²) in [4.78, 5) is 2.33. The number of para-hydroxylation sites is 1. The van der Waals surface area contributed by atoms with Crippen molar-refractivity contribution in [3.8, 4) is 5.75 Å². The summed E-state index contributed by atoms with van der Waals surface area (Å²) in [6, 6.07) is 12.8. The molecule has 0 radical (unpaired) electrons. The van der Waals surface area contributed by atoms with Crippen LogP contribution in [0.4, 0.5) is 4.39 Å². The lowest BCUT2D eigenvalue weighted by Gasteiger charge is -2.34. The molecule has 0 bridgehead atoms. The van der Waals surface area contributed by atoms with Crippen molar-refractivity contribution < 1.29 is 17.5 Å². The molecular formula is C18H21FN2O3S. The van der Waals surface area contributed by atoms with Crippen LogP contribution in [-0.4, -0.2) is 50.9 Å². The summed E-state index contributed by atoms with van der Waals surface area (Å²) >= 11 is 0. The smallest absolute Gasteiger partial charge is 0.243 e. The van der Waals surface area contributed by atoms with Crippen molar-refractivity contribution in [2.75, 3.05) is 33.3 Å². The molecule has 1 aliphatic heterocycles. The molecule has 3 rings (SSSR count). The van der Waals surface area contributed by atoms with E-state index in [2.05, 4.69) is 4.90 Å². The van der Waals surface area contributed by atoms with Crippen molar-refractivity contribution in [3.05, 3.63) is 59.9 Å². The first kappa shape index (κ1) is 17.8. The minimum atomic E-state index is -3.57. The Bertz CT molecular complexity index is 816. The predicted octanol–water partition coefficient (Wildman–Crippen LogP) is 2.34. The second kappa shape index (κ2) is 7.51. The molecule has 2 aromatic carbocycles. The molecule has 25 heavy (non-hydrogen) atoms. The molecule has 5 nitrogen and oxygen atoms in total. The fourth-order valence-electron chi connectivity index (χ4n) is 2.96. The summed E-state index contributed by atoms with van der Waals surface area (Å²) in [5, 5.41) is 0. The van der Waals surface area contributed by atoms with Gasteiger partial charge in [-0.1, -0.05) is 18.2 Å². The fraction of sp³-hybridized carbons (Fsp3) is 0.333. The number of rotatable bonds is 5. The number of ether oxygens (including phenoxy) is 1. The third-order valence-corrected chi connectivity index (χ3v) is 6.28. The van der Waals surface area contributed by atoms with Crippen molar-refractivity contribution in [1.82, 2.24) is 9.21 Å². The highest BCUT2D eigenvalue weighted by Crippen LogP contribution is 2.22. The summed E-state index contributed by atoms with van der Waals surface area (Å²) < 4.78 is 45.1. The maximum absolute atomic E-state index is 13.0. The largest absolute Gasteiger partial charge is 0.496 e. The van der Waals surface area contributed by atoms with E-state index in [4.69, 9.17) is 4.74 Å². The van der Waals surface area contributed by atoms with Crippen molar-refractivity contribution in [2.24, 2.45) is 0 Å². The van der Waals surface area contributed by atoms with Crippen LogP contribution in [0, 0.1) is 5.82 Å². The lowest BCUT2D eigenvalue weighted by molar-refractivity contribution is 0.180. The van der Waals surface area contributed by atoms with Crippen LogP contribution in [0.5, 0.6) is 5.75 Å². The first-order valence-corrected chi connectivity index (χ1v) is 9.54. The molecule has 0 N–H and O–H groups in total. The molecule has 0 atom stereocenters. The Morgan fingerprint density at radius 2 is 1.64 bits per heavy atom. The van der Waals surface area contributed by atoms with E-state index < -0.39 is 15.8 Å². The average Bonchev–Trinajstić information content (AvgIpc) is 2.63. The third-order valence-electron chi connectivity index (χ3n) is 4.37. The molecule has 0 amide bonds. The summed E-state index contributed by atoms with van der Waals surface area (Å²) in [6.45, 7) is 2.81. The second-order valence-corrected chi connectivity index (χ2v) is 7.88. The van der Waals surface area contributed by atoms with Gasteiger partial charge in [-0.15, -0.1) is 0 Å². The number of benzene rings is 2. The molecule has 0 unspecified atom stereocenters. The van der Waals surface area contributed by atoms with Crippen molar-refractivity contribution >= 4 is 10.0 Å². The van der Waals surface area contributed by atoms with Crippen LogP contribution >= 0.6 is 0 Å². The number of hydrogen-bond acceptors (Lipinski definition) is 4. The molecule has 1 saturated heterocycles. The van der Waals surface area contributed by atoms with Gasteiger partial charge in [-0.25, -0.2) is 12.8 Å². The van der Waals surface area contributed by atoms with Crippen molar-refractivity contribution in [3.63, 3.8) is 0 Å². The molecule has 0 aliphatic carbocycles. The van der Waals surface area contributed by atoms with E-state index in [1.165, 1.54) is 28.6 Å². The van der Waals surface area contributed by atoms with E-state index in [0.717, 1.165) is 11.3 Å². The van der Waals surface area contributed by atoms with E-state index in [0.29, 0.717) is 32.7 Å². The summed E-state index contributed by atoms with van der Waals surface area (Å²) in [5.41, 5.74) is 1.08. The minimum Gasteiger partial charge on any atom is -0.496 e. The SMILES string of the molecule is COc1ccccc1CN1CCN(S(=O)(=O)c2ccc(F)cc2)CC1. The maximum atomic E-state index is 13.0. The Kier molecular flexibility index (Phi) is 5.36. The Morgan fingerprint density at radius 1 is 1.00 bits per heavy atom. The number of piperazine rings is 1. The Morgan fingerprint density at radius 3 is 2.28 bits per heavy atom. The van der Waals surface area contributed by atoms with Crippen LogP contribution in [0.25, 0.3) is 0 Å². The van der Waals surface area contributed by atoms with Gasteiger partial charge in [-0.2, -0.15) is 4.31 Å². The van der Waals surface area contributed by atoms with E-state index in [1.54, 1.807) is 7.11 Å². The summed E-state index contributed by atoms with van der Waals surface area (Å²) in [7, 11) is -1.93. The average molecular weight is 364 g/mol. The van der Waals surface area contributed by atoms with Crippen LogP contribution in [0.1, 0.15) is 5.56 Å². The fourth-order valence-corrected chi connectivity index (χ4v) is 4.38. The highest BCUT2D eigenvalue weighted by atomic mass is 32.2. The molecule has 1 heterocycles. The molecule has 1 fully saturated rings. The van der Waals surface area contributed by atoms with Gasteiger partial charge >= 0.3 is 0 Å². The number of nitrogens with zero attached hydrogens (tertiary/aromatic N) is 2. The van der Waals surface area contributed by atoms with Gasteiger partial charge in [0.1, 0.15) is 11.6 Å². The van der Waals surface area contributed by atoms with E-state index in [9.17, 15) is 12.8 Å². The van der Waals surface area contributed by atoms with Crippen molar-refractivity contribution in [1.29, 1.82) is 0 Å². The van der Waals surface area contributed by atoms with Crippen LogP contribution in [0.15, 0.2) is 53.4 Å². The van der Waals surface area contributed by atoms with Crippen LogP contribution in [-0.2, 0) is 16.6 Å². The van der Waals surface area contributed by atoms with Crippen LogP contribution in [0.2, 0.25) is 0 Å². The van der Waals surface area contributed by atoms with Crippen LogP contribution < -0.4 is 4.74 Å². The quantitative estimate of drug-likeness (QED) is 0.817. The van der Waals surface area contributed by atoms with Gasteiger partial charge in [-0.3, -0.25) is 4.90 Å². The second-order valence-electron chi connectivity index (χ2n) is 5.95. The Labute approximate surface area is 147 Å². The maximum Gasteiger partial charge on any atom is 0.243 e. The van der Waals surface area contributed by atoms with E-state index in [-0.39, 0.29) is 4.90 Å². The predicted molar refractivity (Wildman–Crippen MR) is 93.4 cm³/mol. The van der Waals surface area contributed by atoms with E-state index in [1.807, 2.05) is 24.3 Å². The van der Waals surface area contributed by atoms with Gasteiger partial charge in [-0.05, 0) is 30.3 Å². The third kappa shape index (κ3) is 4.00. The zero-order valence-corrected chi connectivity index (χ0v) is 14.9. The number of hydrogen-bond donors (Lipinski definition) is 0. The van der Waals surface area contributed by atoms with Crippen LogP contribution in [0.3, 0.4) is 0 Å². The zero-order chi connectivity index (χ0) is 17.9. The molecule has 0 saturated carbocycles. The van der Waals surface area contributed by atoms with Gasteiger partial charge in [0.25, 0.3) is 0 Å². The van der Waals surface area contributed by atoms with Gasteiger partial charge in [0, 0.05) is 38.3 Å². The summed E-state index contributed by atoms with van der Waals surface area (Å²) in [6.07, 6.45) is 0. The highest BCUT2D eigenvalue weighted by Gasteiger charge is 2.28. The van der Waals surface area contributed by atoms with Crippen molar-refractivity contribution in [2.45, 2.75) is 11.4 Å². The highest BCUT2D eigenvalue weighted by molar-refractivity contribution is 7.89. The molecular weight excluding hydrogens is 343 g/mol. The number of methoxy groups -OCH3 is 1. The normalized spacial score (nSPS) is 16.7. The minimum absolute atomic E-state index is 0.132. The topological polar surface area (TPSA) is 49.9 Å². The molecule has 134 valence electrons. The molecule has 7 heteroatoms. The Hall–Kier alpha value is -1.96. The lowest BCUT2D eigenvalue weighted by Crippen LogP contribution is -2.48. The number of halogens is 1. The van der Waals surface area contributed by atoms with Gasteiger partial charge < -0.3 is 4.74 Å². The standard InChI is InChI=1S/C18H21FN2O3S/c1-24-18-5-3-2-4-15(18)14-20-10-12-21(13-11-20)25(22,23)17-8-6-16(19)7-9-17/h2-9H,10-14H2,1H3. The molecule has 2 aromatic rings. The lowest BCUT2D eigenvalue weighted by atomic mass is 10.2. The number of sulfonamides is 1. The molecule has 1 aliphatic rings. The molecule has 0 aromatic heterocycles. The first-order valence-electron chi connectivity index (χ1n) is 8.10. The Balaban J connectivity index is 1.64.